The number of hydrogen-bond donors (Lipinski definition) is 2. The second-order valence-corrected chi connectivity index (χ2v) is 8.41. The summed E-state index contributed by atoms with van der Waals surface area (Å²) in [6, 6.07) is 0. The third-order valence-corrected chi connectivity index (χ3v) is 5.70. The first-order valence-electron chi connectivity index (χ1n) is 11.5. The topological polar surface area (TPSA) is 57.5 Å². The predicted molar refractivity (Wildman–Crippen MR) is 116 cm³/mol. The highest BCUT2D eigenvalue weighted by Crippen LogP contribution is 2.16. The summed E-state index contributed by atoms with van der Waals surface area (Å²) in [7, 11) is 0. The number of carbonyl (C=O) groups is 1. The molecule has 0 amide bonds. The fourth-order valence-electron chi connectivity index (χ4n) is 3.35. The highest BCUT2D eigenvalue weighted by atomic mass is 16.4. The van der Waals surface area contributed by atoms with Gasteiger partial charge in [0.1, 0.15) is 0 Å². The summed E-state index contributed by atoms with van der Waals surface area (Å²) in [5.74, 6) is 0.359. The van der Waals surface area contributed by atoms with Crippen LogP contribution in [-0.2, 0) is 4.79 Å². The van der Waals surface area contributed by atoms with E-state index in [9.17, 15) is 9.90 Å². The fourth-order valence-corrected chi connectivity index (χ4v) is 3.35. The molecule has 160 valence electrons. The van der Waals surface area contributed by atoms with Crippen molar-refractivity contribution in [3.63, 3.8) is 0 Å². The van der Waals surface area contributed by atoms with Gasteiger partial charge in [0.25, 0.3) is 0 Å². The monoisotopic (exact) mass is 382 g/mol. The van der Waals surface area contributed by atoms with Crippen LogP contribution < -0.4 is 0 Å². The Labute approximate surface area is 168 Å². The Hall–Kier alpha value is -0.830. The Kier molecular flexibility index (Phi) is 18.0. The van der Waals surface area contributed by atoms with Crippen molar-refractivity contribution < 1.29 is 15.0 Å². The number of unbranched alkanes of at least 4 members (excludes halogenated alkanes) is 9. The van der Waals surface area contributed by atoms with Crippen LogP contribution in [0.15, 0.2) is 12.2 Å². The van der Waals surface area contributed by atoms with Crippen LogP contribution in [0.25, 0.3) is 0 Å². The summed E-state index contributed by atoms with van der Waals surface area (Å²) in [6.45, 7) is 6.71. The Morgan fingerprint density at radius 3 is 2.04 bits per heavy atom. The highest BCUT2D eigenvalue weighted by molar-refractivity contribution is 5.66. The Morgan fingerprint density at radius 2 is 1.41 bits per heavy atom. The van der Waals surface area contributed by atoms with E-state index in [1.807, 2.05) is 0 Å². The third-order valence-electron chi connectivity index (χ3n) is 5.70. The van der Waals surface area contributed by atoms with E-state index in [-0.39, 0.29) is 18.4 Å². The summed E-state index contributed by atoms with van der Waals surface area (Å²) < 4.78 is 0. The first-order chi connectivity index (χ1) is 13.0. The molecule has 0 radical (unpaired) electrons. The average molecular weight is 383 g/mol. The number of allylic oxidation sites excluding steroid dienone is 1. The third kappa shape index (κ3) is 18.3. The van der Waals surface area contributed by atoms with Crippen molar-refractivity contribution in [2.24, 2.45) is 11.8 Å². The highest BCUT2D eigenvalue weighted by Gasteiger charge is 2.10. The van der Waals surface area contributed by atoms with Crippen LogP contribution in [0, 0.1) is 11.8 Å². The van der Waals surface area contributed by atoms with Gasteiger partial charge in [-0.25, -0.2) is 0 Å². The molecule has 0 saturated carbocycles. The van der Waals surface area contributed by atoms with Gasteiger partial charge >= 0.3 is 5.97 Å². The minimum absolute atomic E-state index is 0.190. The molecule has 0 heterocycles. The molecule has 2 N–H and O–H groups in total. The maximum absolute atomic E-state index is 10.5. The molecule has 3 heteroatoms. The van der Waals surface area contributed by atoms with Crippen molar-refractivity contribution >= 4 is 5.97 Å². The van der Waals surface area contributed by atoms with E-state index < -0.39 is 5.97 Å². The Bertz CT molecular complexity index is 365. The van der Waals surface area contributed by atoms with Crippen molar-refractivity contribution in [3.05, 3.63) is 12.2 Å². The molecule has 0 aromatic carbocycles. The minimum Gasteiger partial charge on any atom is -0.481 e. The predicted octanol–water partition coefficient (Wildman–Crippen LogP) is 7.13. The number of aliphatic carboxylic acids is 1. The Balaban J connectivity index is 3.46. The maximum Gasteiger partial charge on any atom is 0.303 e. The molecule has 0 saturated heterocycles. The first kappa shape index (κ1) is 26.2. The van der Waals surface area contributed by atoms with Gasteiger partial charge in [-0.3, -0.25) is 4.79 Å². The largest absolute Gasteiger partial charge is 0.481 e. The lowest BCUT2D eigenvalue weighted by Crippen LogP contribution is -2.15. The van der Waals surface area contributed by atoms with Crippen LogP contribution >= 0.6 is 0 Å². The molecule has 27 heavy (non-hydrogen) atoms. The van der Waals surface area contributed by atoms with Crippen molar-refractivity contribution in [1.82, 2.24) is 0 Å². The zero-order valence-corrected chi connectivity index (χ0v) is 18.3. The lowest BCUT2D eigenvalue weighted by molar-refractivity contribution is -0.137. The zero-order valence-electron chi connectivity index (χ0n) is 18.3. The van der Waals surface area contributed by atoms with Gasteiger partial charge in [0.05, 0.1) is 6.10 Å². The second-order valence-electron chi connectivity index (χ2n) is 8.41. The smallest absolute Gasteiger partial charge is 0.303 e. The molecule has 0 fully saturated rings. The van der Waals surface area contributed by atoms with E-state index >= 15 is 0 Å². The molecule has 0 bridgehead atoms. The number of hydrogen-bond acceptors (Lipinski definition) is 2. The van der Waals surface area contributed by atoms with Crippen molar-refractivity contribution in [2.75, 3.05) is 0 Å². The van der Waals surface area contributed by atoms with Crippen LogP contribution in [0.5, 0.6) is 0 Å². The van der Waals surface area contributed by atoms with Gasteiger partial charge in [-0.05, 0) is 37.5 Å². The second kappa shape index (κ2) is 18.5. The van der Waals surface area contributed by atoms with Crippen molar-refractivity contribution in [3.8, 4) is 0 Å². The molecule has 0 spiro atoms. The van der Waals surface area contributed by atoms with Crippen molar-refractivity contribution in [1.29, 1.82) is 0 Å². The number of aliphatic hydroxyl groups excluding tert-OH is 1. The van der Waals surface area contributed by atoms with Crippen molar-refractivity contribution in [2.45, 2.75) is 123 Å². The van der Waals surface area contributed by atoms with Gasteiger partial charge in [0.2, 0.25) is 0 Å². The first-order valence-corrected chi connectivity index (χ1v) is 11.5. The number of carboxylic acids is 1. The lowest BCUT2D eigenvalue weighted by Gasteiger charge is -2.15. The van der Waals surface area contributed by atoms with E-state index in [1.165, 1.54) is 57.8 Å². The minimum atomic E-state index is -0.728. The summed E-state index contributed by atoms with van der Waals surface area (Å²) in [4.78, 5) is 10.5. The zero-order chi connectivity index (χ0) is 20.3. The summed E-state index contributed by atoms with van der Waals surface area (Å²) in [5, 5.41) is 18.8. The maximum atomic E-state index is 10.5. The normalized spacial score (nSPS) is 15.1. The van der Waals surface area contributed by atoms with Crippen LogP contribution in [0.1, 0.15) is 117 Å². The van der Waals surface area contributed by atoms with E-state index in [0.717, 1.165) is 31.6 Å². The summed E-state index contributed by atoms with van der Waals surface area (Å²) in [5.41, 5.74) is 0. The van der Waals surface area contributed by atoms with Gasteiger partial charge in [0, 0.05) is 6.42 Å². The molecule has 3 atom stereocenters. The van der Waals surface area contributed by atoms with E-state index in [2.05, 4.69) is 32.9 Å². The van der Waals surface area contributed by atoms with Crippen LogP contribution in [-0.4, -0.2) is 22.3 Å². The standard InChI is InChI=1S/C24H46O3/c1-4-21(2)17-13-10-8-6-5-7-9-11-14-18-22(3)23(25)19-15-12-16-20-24(26)27/h14,18,21-23,25H,4-13,15-17,19-20H2,1-3H3,(H,26,27)/b18-14-. The lowest BCUT2D eigenvalue weighted by atomic mass is 9.97. The molecule has 3 nitrogen and oxygen atoms in total. The molecule has 0 aromatic rings. The van der Waals surface area contributed by atoms with E-state index in [1.54, 1.807) is 0 Å². The number of rotatable bonds is 19. The van der Waals surface area contributed by atoms with Crippen LogP contribution in [0.2, 0.25) is 0 Å². The van der Waals surface area contributed by atoms with Crippen LogP contribution in [0.4, 0.5) is 0 Å². The molecule has 0 aromatic heterocycles. The average Bonchev–Trinajstić information content (AvgIpc) is 2.64. The van der Waals surface area contributed by atoms with E-state index in [4.69, 9.17) is 5.11 Å². The summed E-state index contributed by atoms with van der Waals surface area (Å²) >= 11 is 0. The van der Waals surface area contributed by atoms with Crippen LogP contribution in [0.3, 0.4) is 0 Å². The fraction of sp³-hybridized carbons (Fsp3) is 0.875. The van der Waals surface area contributed by atoms with Gasteiger partial charge in [0.15, 0.2) is 0 Å². The molecular formula is C24H46O3. The van der Waals surface area contributed by atoms with E-state index in [0.29, 0.717) is 6.42 Å². The molecule has 0 rings (SSSR count). The quantitative estimate of drug-likeness (QED) is 0.184. The van der Waals surface area contributed by atoms with Gasteiger partial charge in [-0.15, -0.1) is 0 Å². The summed E-state index contributed by atoms with van der Waals surface area (Å²) in [6.07, 6.45) is 20.9. The molecule has 0 aliphatic carbocycles. The Morgan fingerprint density at radius 1 is 0.852 bits per heavy atom. The molecule has 0 aliphatic rings. The molecule has 0 aliphatic heterocycles. The number of aliphatic hydroxyl groups is 1. The van der Waals surface area contributed by atoms with Gasteiger partial charge < -0.3 is 10.2 Å². The number of carboxylic acid groups (broad SMARTS) is 1. The SMILES string of the molecule is CCC(C)CCCCCCCCC/C=C\C(C)C(O)CCCCCC(=O)O. The van der Waals surface area contributed by atoms with Gasteiger partial charge in [-0.2, -0.15) is 0 Å². The molecular weight excluding hydrogens is 336 g/mol. The van der Waals surface area contributed by atoms with Gasteiger partial charge in [-0.1, -0.05) is 97.1 Å². The molecule has 3 unspecified atom stereocenters.